The minimum absolute atomic E-state index is 0.114. The second-order valence-corrected chi connectivity index (χ2v) is 23.4. The molecule has 4 nitrogen and oxygen atoms in total. The molecule has 0 saturated carbocycles. The van der Waals surface area contributed by atoms with E-state index in [0.717, 1.165) is 64.8 Å². The van der Waals surface area contributed by atoms with Crippen LogP contribution in [0, 0.1) is 22.7 Å². The molecule has 0 unspecified atom stereocenters. The molecule has 7 aromatic rings. The van der Waals surface area contributed by atoms with Crippen molar-refractivity contribution in [2.45, 2.75) is 116 Å². The maximum atomic E-state index is 12.0. The first-order valence-electron chi connectivity index (χ1n) is 22.6. The summed E-state index contributed by atoms with van der Waals surface area (Å²) in [5.41, 5.74) is 14.0. The molecule has 2 aliphatic carbocycles. The van der Waals surface area contributed by atoms with Gasteiger partial charge in [-0.2, -0.15) is 10.5 Å². The van der Waals surface area contributed by atoms with E-state index in [-0.39, 0.29) is 10.8 Å². The van der Waals surface area contributed by atoms with Crippen molar-refractivity contribution in [3.8, 4) is 23.3 Å². The van der Waals surface area contributed by atoms with Crippen LogP contribution in [-0.4, -0.2) is 0 Å². The van der Waals surface area contributed by atoms with Crippen LogP contribution in [-0.2, 0) is 27.1 Å². The van der Waals surface area contributed by atoms with Crippen LogP contribution in [0.25, 0.3) is 11.1 Å². The number of hydrogen-bond donors (Lipinski definition) is 0. The number of benzene rings is 7. The summed E-state index contributed by atoms with van der Waals surface area (Å²) in [6.07, 6.45) is 0. The second-order valence-electron chi connectivity index (χ2n) is 21.2. The molecule has 320 valence electrons. The van der Waals surface area contributed by atoms with E-state index in [1.807, 2.05) is 0 Å². The van der Waals surface area contributed by atoms with Gasteiger partial charge in [0.05, 0.1) is 45.3 Å². The third-order valence-electron chi connectivity index (χ3n) is 15.0. The molecule has 0 aromatic heterocycles. The van der Waals surface area contributed by atoms with Crippen molar-refractivity contribution in [2.75, 3.05) is 9.80 Å². The third-order valence-corrected chi connectivity index (χ3v) is 17.2. The van der Waals surface area contributed by atoms with Crippen LogP contribution in [0.3, 0.4) is 0 Å². The van der Waals surface area contributed by atoms with E-state index in [0.29, 0.717) is 11.1 Å². The van der Waals surface area contributed by atoms with Gasteiger partial charge >= 0.3 is 0 Å². The molecule has 0 bridgehead atoms. The van der Waals surface area contributed by atoms with Gasteiger partial charge in [-0.15, -0.1) is 0 Å². The zero-order chi connectivity index (χ0) is 45.6. The van der Waals surface area contributed by atoms with Crippen LogP contribution in [0.2, 0.25) is 0 Å². The molecule has 2 heterocycles. The molecule has 0 saturated heterocycles. The van der Waals surface area contributed by atoms with Gasteiger partial charge in [-0.25, -0.2) is 0 Å². The summed E-state index contributed by atoms with van der Waals surface area (Å²) in [4.78, 5) is 9.09. The summed E-state index contributed by atoms with van der Waals surface area (Å²) >= 11 is 3.51. The first kappa shape index (κ1) is 41.5. The maximum Gasteiger partial charge on any atom is 0.103 e. The largest absolute Gasteiger partial charge is 0.307 e. The van der Waals surface area contributed by atoms with Gasteiger partial charge in [0.15, 0.2) is 0 Å². The molecule has 11 rings (SSSR count). The summed E-state index contributed by atoms with van der Waals surface area (Å²) < 4.78 is 0. The highest BCUT2D eigenvalue weighted by molar-refractivity contribution is 8.00. The van der Waals surface area contributed by atoms with Gasteiger partial charge in [0.2, 0.25) is 0 Å². The summed E-state index contributed by atoms with van der Waals surface area (Å²) in [5.74, 6) is 0. The van der Waals surface area contributed by atoms with E-state index >= 15 is 0 Å². The maximum absolute atomic E-state index is 12.0. The van der Waals surface area contributed by atoms with Crippen LogP contribution in [0.5, 0.6) is 0 Å². The first-order valence-corrected chi connectivity index (χ1v) is 24.3. The molecular weight excluding hydrogens is 829 g/mol. The Labute approximate surface area is 393 Å². The topological polar surface area (TPSA) is 54.1 Å². The predicted molar refractivity (Wildman–Crippen MR) is 270 cm³/mol. The summed E-state index contributed by atoms with van der Waals surface area (Å²) in [6.45, 7) is 23.6. The highest BCUT2D eigenvalue weighted by atomic mass is 32.2. The Bertz CT molecular complexity index is 2980. The van der Waals surface area contributed by atoms with Gasteiger partial charge in [0.1, 0.15) is 12.1 Å². The van der Waals surface area contributed by atoms with Crippen LogP contribution >= 0.6 is 23.5 Å². The van der Waals surface area contributed by atoms with Gasteiger partial charge < -0.3 is 9.80 Å². The molecule has 1 spiro atoms. The highest BCUT2D eigenvalue weighted by Crippen LogP contribution is 2.75. The number of anilines is 6. The van der Waals surface area contributed by atoms with Crippen molar-refractivity contribution in [1.29, 1.82) is 10.5 Å². The number of para-hydroxylation sites is 4. The minimum atomic E-state index is -0.680. The van der Waals surface area contributed by atoms with E-state index in [1.165, 1.54) is 33.4 Å². The molecule has 0 radical (unpaired) electrons. The third kappa shape index (κ3) is 5.45. The Morgan fingerprint density at radius 1 is 0.446 bits per heavy atom. The lowest BCUT2D eigenvalue weighted by Gasteiger charge is -2.50. The molecule has 0 fully saturated rings. The fourth-order valence-corrected chi connectivity index (χ4v) is 14.4. The van der Waals surface area contributed by atoms with Gasteiger partial charge in [-0.05, 0) is 104 Å². The van der Waals surface area contributed by atoms with Crippen LogP contribution in [0.1, 0.15) is 114 Å². The minimum Gasteiger partial charge on any atom is -0.307 e. The van der Waals surface area contributed by atoms with Crippen LogP contribution < -0.4 is 9.80 Å². The Kier molecular flexibility index (Phi) is 8.89. The van der Waals surface area contributed by atoms with Gasteiger partial charge in [0.25, 0.3) is 0 Å². The summed E-state index contributed by atoms with van der Waals surface area (Å²) in [7, 11) is 0. The standard InChI is InChI=1S/C59H52N4S2/c1-55(2,3)35-27-29-37-38-30-28-36(56(4,5)6)32-42(38)59(41(37)31-35)57(7,8)51-52(58(59,9)10)54(63-45-21-13-17-25-49(45)65-50-26-18-14-22-46(50)63)40(34-61)39(33-60)53(51)62-43-19-11-15-23-47(43)64-48-24-16-12-20-44(48)62/h11-32H,1-10H3. The SMILES string of the molecule is CC(C)(C)c1ccc2c(c1)C1(c3cc(C(C)(C)C)ccc3-2)C(C)(C)c2c(N3c4ccccc4Sc4ccccc43)c(C#N)c(C#N)c(N3c4ccccc4Sc4ccccc43)c2C1(C)C. The Hall–Kier alpha value is -6.18. The van der Waals surface area contributed by atoms with Crippen molar-refractivity contribution < 1.29 is 0 Å². The molecule has 0 N–H and O–H groups in total. The molecule has 6 heteroatoms. The van der Waals surface area contributed by atoms with Crippen molar-refractivity contribution >= 4 is 57.6 Å². The van der Waals surface area contributed by atoms with Crippen molar-refractivity contribution in [3.63, 3.8) is 0 Å². The predicted octanol–water partition coefficient (Wildman–Crippen LogP) is 16.4. The fraction of sp³-hybridized carbons (Fsp3) is 0.254. The first-order chi connectivity index (χ1) is 31.0. The molecule has 0 atom stereocenters. The Balaban J connectivity index is 1.38. The number of nitrogens with zero attached hydrogens (tertiary/aromatic N) is 4. The summed E-state index contributed by atoms with van der Waals surface area (Å²) in [5, 5.41) is 23.9. The number of nitriles is 2. The number of hydrogen-bond acceptors (Lipinski definition) is 6. The van der Waals surface area contributed by atoms with Crippen molar-refractivity contribution in [1.82, 2.24) is 0 Å². The quantitative estimate of drug-likeness (QED) is 0.172. The Morgan fingerprint density at radius 2 is 0.754 bits per heavy atom. The van der Waals surface area contributed by atoms with Crippen LogP contribution in [0.15, 0.2) is 153 Å². The molecule has 65 heavy (non-hydrogen) atoms. The lowest BCUT2D eigenvalue weighted by molar-refractivity contribution is 0.231. The average molecular weight is 881 g/mol. The Morgan fingerprint density at radius 3 is 1.05 bits per heavy atom. The van der Waals surface area contributed by atoms with E-state index in [4.69, 9.17) is 0 Å². The second kappa shape index (κ2) is 13.9. The van der Waals surface area contributed by atoms with Gasteiger partial charge in [-0.1, -0.05) is 178 Å². The smallest absolute Gasteiger partial charge is 0.103 e. The summed E-state index contributed by atoms with van der Waals surface area (Å²) in [6, 6.07) is 54.1. The van der Waals surface area contributed by atoms with E-state index < -0.39 is 16.2 Å². The van der Waals surface area contributed by atoms with Gasteiger partial charge in [-0.3, -0.25) is 0 Å². The van der Waals surface area contributed by atoms with Crippen molar-refractivity contribution in [3.05, 3.63) is 178 Å². The number of fused-ring (bicyclic) bond motifs is 10. The molecule has 2 aliphatic heterocycles. The number of rotatable bonds is 2. The zero-order valence-electron chi connectivity index (χ0n) is 38.8. The fourth-order valence-electron chi connectivity index (χ4n) is 12.3. The lowest BCUT2D eigenvalue weighted by Crippen LogP contribution is -2.51. The van der Waals surface area contributed by atoms with Gasteiger partial charge in [0, 0.05) is 35.8 Å². The van der Waals surface area contributed by atoms with Crippen molar-refractivity contribution in [2.24, 2.45) is 0 Å². The zero-order valence-corrected chi connectivity index (χ0v) is 40.4. The molecular formula is C59H52N4S2. The lowest BCUT2D eigenvalue weighted by atomic mass is 9.52. The van der Waals surface area contributed by atoms with E-state index in [9.17, 15) is 10.5 Å². The van der Waals surface area contributed by atoms with Crippen LogP contribution in [0.4, 0.5) is 34.1 Å². The van der Waals surface area contributed by atoms with E-state index in [1.54, 1.807) is 23.5 Å². The monoisotopic (exact) mass is 880 g/mol. The molecule has 0 amide bonds. The highest BCUT2D eigenvalue weighted by Gasteiger charge is 2.70. The van der Waals surface area contributed by atoms with E-state index in [2.05, 4.69) is 225 Å². The normalized spacial score (nSPS) is 16.6. The molecule has 4 aliphatic rings. The average Bonchev–Trinajstić information content (AvgIpc) is 3.66. The molecule has 7 aromatic carbocycles.